The lowest BCUT2D eigenvalue weighted by Crippen LogP contribution is -2.76. The summed E-state index contributed by atoms with van der Waals surface area (Å²) < 4.78 is 1.91. The number of hydrogen-bond donors (Lipinski definition) is 2. The van der Waals surface area contributed by atoms with E-state index in [2.05, 4.69) is 9.88 Å². The summed E-state index contributed by atoms with van der Waals surface area (Å²) in [6.45, 7) is 0. The number of carbonyl (C=O) groups is 1. The highest BCUT2D eigenvalue weighted by Crippen LogP contribution is 2.57. The minimum absolute atomic E-state index is 0.00266. The van der Waals surface area contributed by atoms with E-state index in [0.29, 0.717) is 12.1 Å². The number of aromatic hydroxyl groups is 1. The number of carboxylic acids is 1. The van der Waals surface area contributed by atoms with Crippen LogP contribution in [0.1, 0.15) is 23.7 Å². The van der Waals surface area contributed by atoms with Crippen molar-refractivity contribution in [2.24, 2.45) is 5.92 Å². The summed E-state index contributed by atoms with van der Waals surface area (Å²) in [7, 11) is 0. The lowest BCUT2D eigenvalue weighted by atomic mass is 9.62. The van der Waals surface area contributed by atoms with Crippen molar-refractivity contribution in [3.63, 3.8) is 0 Å². The van der Waals surface area contributed by atoms with Gasteiger partial charge in [0.2, 0.25) is 0 Å². The van der Waals surface area contributed by atoms with Gasteiger partial charge in [-0.05, 0) is 48.2 Å². The Hall–Kier alpha value is -3.49. The predicted octanol–water partition coefficient (Wildman–Crippen LogP) is 3.57. The zero-order chi connectivity index (χ0) is 22.4. The van der Waals surface area contributed by atoms with Crippen LogP contribution in [0, 0.1) is 5.92 Å². The molecule has 0 radical (unpaired) electrons. The van der Waals surface area contributed by atoms with E-state index in [1.54, 1.807) is 24.5 Å². The van der Waals surface area contributed by atoms with Crippen LogP contribution in [0.3, 0.4) is 0 Å². The molecule has 3 aromatic heterocycles. The van der Waals surface area contributed by atoms with Crippen LogP contribution < -0.4 is 0 Å². The van der Waals surface area contributed by atoms with Crippen molar-refractivity contribution in [3.05, 3.63) is 65.2 Å². The first-order valence-electron chi connectivity index (χ1n) is 10.8. The molecule has 4 aromatic rings. The number of piperidine rings is 1. The first-order chi connectivity index (χ1) is 16.0. The zero-order valence-corrected chi connectivity index (χ0v) is 18.0. The molecule has 0 saturated carbocycles. The molecule has 6 heterocycles. The summed E-state index contributed by atoms with van der Waals surface area (Å²) in [6, 6.07) is 9.23. The molecule has 0 aliphatic carbocycles. The topological polar surface area (TPSA) is 104 Å². The van der Waals surface area contributed by atoms with E-state index in [1.807, 2.05) is 28.9 Å². The van der Waals surface area contributed by atoms with Gasteiger partial charge in [0, 0.05) is 36.2 Å². The molecule has 0 amide bonds. The van der Waals surface area contributed by atoms with Crippen molar-refractivity contribution in [2.45, 2.75) is 31.0 Å². The van der Waals surface area contributed by atoms with Gasteiger partial charge in [0.25, 0.3) is 0 Å². The molecule has 164 valence electrons. The van der Waals surface area contributed by atoms with Gasteiger partial charge in [0.15, 0.2) is 5.65 Å². The van der Waals surface area contributed by atoms with Gasteiger partial charge in [0.05, 0.1) is 28.2 Å². The minimum Gasteiger partial charge on any atom is -0.506 e. The SMILES string of the molecule is O=C(O)C1C2Cc3cnc4c(-c5ccc(Cl)c(O)c5)c(-c5ccncc5)nn4c3C3CC1N32. The molecular weight excluding hydrogens is 442 g/mol. The number of aliphatic carboxylic acids is 1. The molecule has 4 atom stereocenters. The van der Waals surface area contributed by atoms with E-state index in [0.717, 1.165) is 40.1 Å². The largest absolute Gasteiger partial charge is 0.506 e. The fourth-order valence-electron chi connectivity index (χ4n) is 5.95. The Kier molecular flexibility index (Phi) is 3.76. The third kappa shape index (κ3) is 2.45. The van der Waals surface area contributed by atoms with Crippen LogP contribution in [0.5, 0.6) is 5.75 Å². The first-order valence-corrected chi connectivity index (χ1v) is 11.2. The van der Waals surface area contributed by atoms with E-state index in [9.17, 15) is 15.0 Å². The lowest BCUT2D eigenvalue weighted by Gasteiger charge is -2.67. The van der Waals surface area contributed by atoms with Crippen LogP contribution in [-0.4, -0.2) is 52.7 Å². The van der Waals surface area contributed by atoms with E-state index in [4.69, 9.17) is 21.7 Å². The van der Waals surface area contributed by atoms with Gasteiger partial charge in [-0.3, -0.25) is 14.7 Å². The number of carboxylic acid groups (broad SMARTS) is 1. The van der Waals surface area contributed by atoms with E-state index >= 15 is 0 Å². The highest BCUT2D eigenvalue weighted by atomic mass is 35.5. The molecule has 9 heteroatoms. The second-order valence-corrected chi connectivity index (χ2v) is 9.34. The summed E-state index contributed by atoms with van der Waals surface area (Å²) in [6.07, 6.45) is 6.77. The van der Waals surface area contributed by atoms with Crippen LogP contribution in [-0.2, 0) is 11.2 Å². The van der Waals surface area contributed by atoms with Gasteiger partial charge in [-0.25, -0.2) is 9.50 Å². The molecular formula is C24H18ClN5O3. The Morgan fingerprint density at radius 3 is 2.70 bits per heavy atom. The molecule has 0 bridgehead atoms. The van der Waals surface area contributed by atoms with Crippen molar-refractivity contribution >= 4 is 23.2 Å². The Balaban J connectivity index is 1.46. The smallest absolute Gasteiger partial charge is 0.309 e. The van der Waals surface area contributed by atoms with Crippen LogP contribution in [0.2, 0.25) is 5.02 Å². The monoisotopic (exact) mass is 459 g/mol. The number of hydrogen-bond acceptors (Lipinski definition) is 6. The molecule has 2 N–H and O–H groups in total. The van der Waals surface area contributed by atoms with Gasteiger partial charge in [0.1, 0.15) is 11.4 Å². The molecule has 1 aromatic carbocycles. The third-order valence-corrected chi connectivity index (χ3v) is 7.72. The van der Waals surface area contributed by atoms with E-state index < -0.39 is 5.97 Å². The number of phenolic OH excluding ortho intramolecular Hbond substituents is 1. The maximum absolute atomic E-state index is 11.7. The van der Waals surface area contributed by atoms with Gasteiger partial charge >= 0.3 is 5.97 Å². The normalized spacial score (nSPS) is 25.1. The maximum Gasteiger partial charge on any atom is 0.309 e. The highest BCUT2D eigenvalue weighted by molar-refractivity contribution is 6.32. The highest BCUT2D eigenvalue weighted by Gasteiger charge is 2.64. The average molecular weight is 460 g/mol. The Morgan fingerprint density at radius 2 is 1.94 bits per heavy atom. The molecule has 7 rings (SSSR count). The summed E-state index contributed by atoms with van der Waals surface area (Å²) >= 11 is 6.06. The standard InChI is InChI=1S/C24H18ClN5O3/c25-14-2-1-12(8-18(14)31)19-21(11-3-5-26-6-4-11)28-30-22-13(10-27-23(19)30)7-15-20(24(32)33)16-9-17(22)29(15)16/h1-6,8,10,15-17,20,31H,7,9H2,(H,32,33). The van der Waals surface area contributed by atoms with E-state index in [-0.39, 0.29) is 34.8 Å². The quantitative estimate of drug-likeness (QED) is 0.482. The number of rotatable bonds is 3. The van der Waals surface area contributed by atoms with Crippen LogP contribution in [0.4, 0.5) is 0 Å². The lowest BCUT2D eigenvalue weighted by molar-refractivity contribution is -0.202. The number of aromatic nitrogens is 4. The summed E-state index contributed by atoms with van der Waals surface area (Å²) in [5, 5.41) is 25.2. The molecule has 3 aliphatic rings. The average Bonchev–Trinajstić information content (AvgIpc) is 3.16. The Labute approximate surface area is 193 Å². The number of halogens is 1. The number of phenols is 1. The van der Waals surface area contributed by atoms with Gasteiger partial charge in [-0.1, -0.05) is 17.7 Å². The van der Waals surface area contributed by atoms with Crippen molar-refractivity contribution in [2.75, 3.05) is 0 Å². The molecule has 3 aliphatic heterocycles. The fraction of sp³-hybridized carbons (Fsp3) is 0.250. The predicted molar refractivity (Wildman–Crippen MR) is 120 cm³/mol. The number of fused-ring (bicyclic) bond motifs is 4. The molecule has 2 fully saturated rings. The summed E-state index contributed by atoms with van der Waals surface area (Å²) in [4.78, 5) is 22.9. The number of nitrogens with zero attached hydrogens (tertiary/aromatic N) is 5. The van der Waals surface area contributed by atoms with Crippen molar-refractivity contribution in [3.8, 4) is 28.1 Å². The molecule has 33 heavy (non-hydrogen) atoms. The van der Waals surface area contributed by atoms with Crippen LogP contribution in [0.25, 0.3) is 28.0 Å². The van der Waals surface area contributed by atoms with E-state index in [1.165, 1.54) is 0 Å². The van der Waals surface area contributed by atoms with Crippen molar-refractivity contribution in [1.29, 1.82) is 0 Å². The molecule has 2 saturated heterocycles. The fourth-order valence-corrected chi connectivity index (χ4v) is 6.07. The van der Waals surface area contributed by atoms with Crippen molar-refractivity contribution < 1.29 is 15.0 Å². The second-order valence-electron chi connectivity index (χ2n) is 8.93. The Bertz CT molecular complexity index is 1470. The van der Waals surface area contributed by atoms with Crippen LogP contribution in [0.15, 0.2) is 48.9 Å². The maximum atomic E-state index is 11.7. The first kappa shape index (κ1) is 19.0. The van der Waals surface area contributed by atoms with Gasteiger partial charge in [-0.2, -0.15) is 5.10 Å². The zero-order valence-electron chi connectivity index (χ0n) is 17.3. The second kappa shape index (κ2) is 6.52. The Morgan fingerprint density at radius 1 is 1.12 bits per heavy atom. The molecule has 8 nitrogen and oxygen atoms in total. The molecule has 4 unspecified atom stereocenters. The minimum atomic E-state index is -0.707. The number of benzene rings is 1. The third-order valence-electron chi connectivity index (χ3n) is 7.40. The van der Waals surface area contributed by atoms with Gasteiger partial charge in [-0.15, -0.1) is 0 Å². The van der Waals surface area contributed by atoms with Crippen LogP contribution >= 0.6 is 11.6 Å². The molecule has 0 spiro atoms. The van der Waals surface area contributed by atoms with Crippen molar-refractivity contribution in [1.82, 2.24) is 24.5 Å². The summed E-state index contributed by atoms with van der Waals surface area (Å²) in [5.74, 6) is -1.01. The summed E-state index contributed by atoms with van der Waals surface area (Å²) in [5.41, 5.74) is 6.03. The van der Waals surface area contributed by atoms with Gasteiger partial charge < -0.3 is 10.2 Å². The number of pyridine rings is 1.